The van der Waals surface area contributed by atoms with Gasteiger partial charge in [-0.25, -0.2) is 9.78 Å². The van der Waals surface area contributed by atoms with Gasteiger partial charge in [-0.15, -0.1) is 0 Å². The number of hydrogen-bond donors (Lipinski definition) is 0. The number of carbonyl (C=O) groups is 2. The van der Waals surface area contributed by atoms with Crippen LogP contribution in [0.5, 0.6) is 0 Å². The summed E-state index contributed by atoms with van der Waals surface area (Å²) in [5.41, 5.74) is 0.802. The summed E-state index contributed by atoms with van der Waals surface area (Å²) in [5.74, 6) is -0.237. The van der Waals surface area contributed by atoms with Crippen LogP contribution in [-0.2, 0) is 11.8 Å². The first-order valence-corrected chi connectivity index (χ1v) is 8.98. The lowest BCUT2D eigenvalue weighted by Crippen LogP contribution is -2.30. The van der Waals surface area contributed by atoms with E-state index in [9.17, 15) is 9.59 Å². The number of esters is 1. The molecule has 0 unspecified atom stereocenters. The summed E-state index contributed by atoms with van der Waals surface area (Å²) in [6, 6.07) is 10.8. The summed E-state index contributed by atoms with van der Waals surface area (Å²) in [7, 11) is 1.60. The van der Waals surface area contributed by atoms with Crippen molar-refractivity contribution in [1.29, 1.82) is 0 Å². The van der Waals surface area contributed by atoms with Crippen molar-refractivity contribution in [2.75, 3.05) is 11.5 Å². The summed E-state index contributed by atoms with van der Waals surface area (Å²) in [6.45, 7) is 1.90. The molecule has 9 heteroatoms. The van der Waals surface area contributed by atoms with Gasteiger partial charge >= 0.3 is 5.97 Å². The van der Waals surface area contributed by atoms with Gasteiger partial charge < -0.3 is 4.74 Å². The van der Waals surface area contributed by atoms with Crippen LogP contribution >= 0.6 is 0 Å². The van der Waals surface area contributed by atoms with Crippen LogP contribution in [-0.4, -0.2) is 42.6 Å². The molecule has 4 aromatic rings. The largest absolute Gasteiger partial charge is 0.462 e. The van der Waals surface area contributed by atoms with Crippen LogP contribution in [0.3, 0.4) is 0 Å². The fraction of sp³-hybridized carbons (Fsp3) is 0.150. The lowest BCUT2D eigenvalue weighted by molar-refractivity contribution is 0.0523. The molecule has 0 radical (unpaired) electrons. The van der Waals surface area contributed by atoms with Crippen LogP contribution in [0.4, 0.5) is 11.5 Å². The smallest absolute Gasteiger partial charge is 0.342 e. The monoisotopic (exact) mass is 390 g/mol. The number of aromatic nitrogens is 5. The van der Waals surface area contributed by atoms with E-state index in [2.05, 4.69) is 15.1 Å². The van der Waals surface area contributed by atoms with E-state index >= 15 is 0 Å². The first-order chi connectivity index (χ1) is 14.1. The van der Waals surface area contributed by atoms with Gasteiger partial charge in [0.05, 0.1) is 18.5 Å². The molecule has 0 saturated carbocycles. The first kappa shape index (κ1) is 18.4. The lowest BCUT2D eigenvalue weighted by atomic mass is 10.2. The van der Waals surface area contributed by atoms with Gasteiger partial charge in [0.15, 0.2) is 0 Å². The Bertz CT molecular complexity index is 1180. The quantitative estimate of drug-likeness (QED) is 0.486. The Morgan fingerprint density at radius 3 is 2.69 bits per heavy atom. The Balaban J connectivity index is 1.85. The molecule has 9 nitrogen and oxygen atoms in total. The maximum absolute atomic E-state index is 13.6. The minimum Gasteiger partial charge on any atom is -0.462 e. The van der Waals surface area contributed by atoms with Gasteiger partial charge in [0, 0.05) is 25.6 Å². The Kier molecular flexibility index (Phi) is 4.78. The molecular formula is C20H18N6O3. The van der Waals surface area contributed by atoms with E-state index in [-0.39, 0.29) is 17.9 Å². The molecule has 29 heavy (non-hydrogen) atoms. The second-order valence-corrected chi connectivity index (χ2v) is 6.15. The van der Waals surface area contributed by atoms with Crippen LogP contribution < -0.4 is 4.90 Å². The van der Waals surface area contributed by atoms with Crippen molar-refractivity contribution in [3.63, 3.8) is 0 Å². The fourth-order valence-corrected chi connectivity index (χ4v) is 3.01. The predicted molar refractivity (Wildman–Crippen MR) is 105 cm³/mol. The second kappa shape index (κ2) is 7.55. The molecule has 146 valence electrons. The Morgan fingerprint density at radius 1 is 1.14 bits per heavy atom. The van der Waals surface area contributed by atoms with E-state index in [0.717, 1.165) is 0 Å². The van der Waals surface area contributed by atoms with Crippen molar-refractivity contribution in [2.45, 2.75) is 6.92 Å². The molecule has 3 heterocycles. The SMILES string of the molecule is CCOC(=O)c1cnn(C)c1C(=O)N(c1ccccc1)c1ccn2ccnc2n1. The highest BCUT2D eigenvalue weighted by molar-refractivity contribution is 6.14. The molecular weight excluding hydrogens is 372 g/mol. The number of para-hydroxylation sites is 1. The maximum atomic E-state index is 13.6. The standard InChI is InChI=1S/C20H18N6O3/c1-3-29-19(28)15-13-22-24(2)17(15)18(27)26(14-7-5-4-6-8-14)16-9-11-25-12-10-21-20(25)23-16/h4-13H,3H2,1-2H3. The summed E-state index contributed by atoms with van der Waals surface area (Å²) >= 11 is 0. The van der Waals surface area contributed by atoms with Crippen molar-refractivity contribution in [1.82, 2.24) is 24.1 Å². The zero-order chi connectivity index (χ0) is 20.4. The minimum absolute atomic E-state index is 0.0992. The number of hydrogen-bond acceptors (Lipinski definition) is 6. The summed E-state index contributed by atoms with van der Waals surface area (Å²) in [5, 5.41) is 4.08. The van der Waals surface area contributed by atoms with Gasteiger partial charge in [-0.05, 0) is 25.1 Å². The minimum atomic E-state index is -0.603. The molecule has 0 saturated heterocycles. The lowest BCUT2D eigenvalue weighted by Gasteiger charge is -2.22. The Labute approximate surface area is 166 Å². The molecule has 0 aliphatic heterocycles. The van der Waals surface area contributed by atoms with Crippen molar-refractivity contribution >= 4 is 29.2 Å². The Morgan fingerprint density at radius 2 is 1.93 bits per heavy atom. The third-order valence-electron chi connectivity index (χ3n) is 4.33. The van der Waals surface area contributed by atoms with Gasteiger partial charge in [-0.3, -0.25) is 18.8 Å². The predicted octanol–water partition coefficient (Wildman–Crippen LogP) is 2.62. The fourth-order valence-electron chi connectivity index (χ4n) is 3.01. The topological polar surface area (TPSA) is 94.6 Å². The number of imidazole rings is 1. The summed E-state index contributed by atoms with van der Waals surface area (Å²) in [4.78, 5) is 36.1. The molecule has 0 N–H and O–H groups in total. The number of anilines is 2. The van der Waals surface area contributed by atoms with Gasteiger partial charge in [0.25, 0.3) is 5.91 Å². The highest BCUT2D eigenvalue weighted by Crippen LogP contribution is 2.27. The number of nitrogens with zero attached hydrogens (tertiary/aromatic N) is 6. The average Bonchev–Trinajstić information content (AvgIpc) is 3.35. The first-order valence-electron chi connectivity index (χ1n) is 8.98. The molecule has 1 amide bonds. The molecule has 0 aliphatic carbocycles. The van der Waals surface area contributed by atoms with Crippen molar-refractivity contribution in [2.24, 2.45) is 7.05 Å². The number of aryl methyl sites for hydroxylation is 1. The van der Waals surface area contributed by atoms with E-state index in [1.807, 2.05) is 18.2 Å². The number of benzene rings is 1. The molecule has 0 fully saturated rings. The average molecular weight is 390 g/mol. The van der Waals surface area contributed by atoms with E-state index in [0.29, 0.717) is 17.3 Å². The van der Waals surface area contributed by atoms with E-state index < -0.39 is 11.9 Å². The third-order valence-corrected chi connectivity index (χ3v) is 4.33. The zero-order valence-corrected chi connectivity index (χ0v) is 15.9. The summed E-state index contributed by atoms with van der Waals surface area (Å²) < 4.78 is 8.18. The van der Waals surface area contributed by atoms with E-state index in [4.69, 9.17) is 4.74 Å². The third kappa shape index (κ3) is 3.33. The highest BCUT2D eigenvalue weighted by Gasteiger charge is 2.29. The van der Waals surface area contributed by atoms with E-state index in [1.165, 1.54) is 15.8 Å². The van der Waals surface area contributed by atoms with Crippen LogP contribution in [0.25, 0.3) is 5.78 Å². The van der Waals surface area contributed by atoms with Gasteiger partial charge in [-0.1, -0.05) is 18.2 Å². The normalized spacial score (nSPS) is 10.8. The van der Waals surface area contributed by atoms with Crippen molar-refractivity contribution < 1.29 is 14.3 Å². The molecule has 0 spiro atoms. The number of rotatable bonds is 5. The molecule has 4 rings (SSSR count). The van der Waals surface area contributed by atoms with Crippen molar-refractivity contribution in [3.8, 4) is 0 Å². The molecule has 1 aromatic carbocycles. The maximum Gasteiger partial charge on any atom is 0.342 e. The van der Waals surface area contributed by atoms with E-state index in [1.54, 1.807) is 55.2 Å². The number of carbonyl (C=O) groups excluding carboxylic acids is 2. The van der Waals surface area contributed by atoms with Gasteiger partial charge in [0.1, 0.15) is 17.1 Å². The molecule has 0 aliphatic rings. The van der Waals surface area contributed by atoms with Crippen LogP contribution in [0.2, 0.25) is 0 Å². The molecule has 0 bridgehead atoms. The number of amides is 1. The molecule has 0 atom stereocenters. The van der Waals surface area contributed by atoms with Gasteiger partial charge in [-0.2, -0.15) is 10.1 Å². The summed E-state index contributed by atoms with van der Waals surface area (Å²) in [6.07, 6.45) is 6.49. The van der Waals surface area contributed by atoms with Gasteiger partial charge in [0.2, 0.25) is 5.78 Å². The Hall–Kier alpha value is -4.01. The number of fused-ring (bicyclic) bond motifs is 1. The zero-order valence-electron chi connectivity index (χ0n) is 15.9. The number of ether oxygens (including phenoxy) is 1. The second-order valence-electron chi connectivity index (χ2n) is 6.15. The van der Waals surface area contributed by atoms with Crippen LogP contribution in [0, 0.1) is 0 Å². The van der Waals surface area contributed by atoms with Crippen LogP contribution in [0.15, 0.2) is 61.2 Å². The molecule has 3 aromatic heterocycles. The highest BCUT2D eigenvalue weighted by atomic mass is 16.5. The van der Waals surface area contributed by atoms with Crippen LogP contribution in [0.1, 0.15) is 27.8 Å². The van der Waals surface area contributed by atoms with Crippen molar-refractivity contribution in [3.05, 3.63) is 72.4 Å².